The number of rotatable bonds is 6. The van der Waals surface area contributed by atoms with Crippen LogP contribution in [-0.2, 0) is 16.2 Å². The van der Waals surface area contributed by atoms with Crippen LogP contribution in [0.3, 0.4) is 0 Å². The molecule has 0 bridgehead atoms. The van der Waals surface area contributed by atoms with Crippen LogP contribution in [0.5, 0.6) is 11.5 Å². The Kier molecular flexibility index (Phi) is 5.98. The molecule has 3 aromatic rings. The Balaban J connectivity index is 1.32. The average Bonchev–Trinajstić information content (AvgIpc) is 2.80. The van der Waals surface area contributed by atoms with Crippen molar-refractivity contribution >= 4 is 29.3 Å². The van der Waals surface area contributed by atoms with Gasteiger partial charge in [-0.25, -0.2) is 0 Å². The van der Waals surface area contributed by atoms with E-state index in [1.165, 1.54) is 11.0 Å². The van der Waals surface area contributed by atoms with E-state index in [9.17, 15) is 9.59 Å². The van der Waals surface area contributed by atoms with Gasteiger partial charge in [0.15, 0.2) is 6.61 Å². The first kappa shape index (κ1) is 20.2. The predicted octanol–water partition coefficient (Wildman–Crippen LogP) is 4.27. The number of benzene rings is 3. The Labute approximate surface area is 180 Å². The Hall–Kier alpha value is -4.06. The summed E-state index contributed by atoms with van der Waals surface area (Å²) in [5, 5.41) is 2.80. The van der Waals surface area contributed by atoms with Gasteiger partial charge in [0.1, 0.15) is 18.1 Å². The van der Waals surface area contributed by atoms with E-state index >= 15 is 0 Å². The fourth-order valence-corrected chi connectivity index (χ4v) is 3.13. The highest BCUT2D eigenvalue weighted by molar-refractivity contribution is 6.03. The van der Waals surface area contributed by atoms with Gasteiger partial charge in [-0.15, -0.1) is 0 Å². The van der Waals surface area contributed by atoms with Crippen molar-refractivity contribution in [2.24, 2.45) is 0 Å². The van der Waals surface area contributed by atoms with Gasteiger partial charge < -0.3 is 19.7 Å². The van der Waals surface area contributed by atoms with Gasteiger partial charge in [-0.1, -0.05) is 42.5 Å². The standard InChI is InChI=1S/C25H22N2O4/c1-27-22-13-10-20(15-23(22)31-17-25(27)29)26-24(28)14-9-18-7-11-21(12-8-18)30-16-19-5-3-2-4-6-19/h2-15H,16-17H2,1H3,(H,26,28)/b14-9+. The van der Waals surface area contributed by atoms with E-state index in [-0.39, 0.29) is 18.4 Å². The molecule has 0 aromatic heterocycles. The van der Waals surface area contributed by atoms with Crippen molar-refractivity contribution in [3.63, 3.8) is 0 Å². The van der Waals surface area contributed by atoms with Crippen LogP contribution in [0.15, 0.2) is 78.9 Å². The van der Waals surface area contributed by atoms with Crippen molar-refractivity contribution in [2.75, 3.05) is 23.9 Å². The Morgan fingerprint density at radius 2 is 1.87 bits per heavy atom. The zero-order valence-corrected chi connectivity index (χ0v) is 17.1. The summed E-state index contributed by atoms with van der Waals surface area (Å²) in [5.41, 5.74) is 3.27. The van der Waals surface area contributed by atoms with Crippen molar-refractivity contribution < 1.29 is 19.1 Å². The number of carbonyl (C=O) groups is 2. The lowest BCUT2D eigenvalue weighted by atomic mass is 10.2. The quantitative estimate of drug-likeness (QED) is 0.612. The zero-order chi connectivity index (χ0) is 21.6. The fraction of sp³-hybridized carbons (Fsp3) is 0.120. The molecule has 1 heterocycles. The van der Waals surface area contributed by atoms with Crippen molar-refractivity contribution in [1.82, 2.24) is 0 Å². The number of fused-ring (bicyclic) bond motifs is 1. The zero-order valence-electron chi connectivity index (χ0n) is 17.1. The predicted molar refractivity (Wildman–Crippen MR) is 120 cm³/mol. The van der Waals surface area contributed by atoms with E-state index in [0.717, 1.165) is 16.9 Å². The van der Waals surface area contributed by atoms with Crippen molar-refractivity contribution in [1.29, 1.82) is 0 Å². The normalized spacial score (nSPS) is 12.9. The van der Waals surface area contributed by atoms with Crippen LogP contribution >= 0.6 is 0 Å². The number of amides is 2. The first-order valence-corrected chi connectivity index (χ1v) is 9.88. The van der Waals surface area contributed by atoms with Gasteiger partial charge in [-0.05, 0) is 41.5 Å². The van der Waals surface area contributed by atoms with Gasteiger partial charge in [0.05, 0.1) is 5.69 Å². The number of ether oxygens (including phenoxy) is 2. The minimum atomic E-state index is -0.260. The number of hydrogen-bond acceptors (Lipinski definition) is 4. The maximum absolute atomic E-state index is 12.3. The van der Waals surface area contributed by atoms with Crippen LogP contribution in [0.1, 0.15) is 11.1 Å². The Morgan fingerprint density at radius 1 is 1.10 bits per heavy atom. The van der Waals surface area contributed by atoms with E-state index in [1.807, 2.05) is 54.6 Å². The molecule has 1 N–H and O–H groups in total. The molecule has 156 valence electrons. The van der Waals surface area contributed by atoms with E-state index in [2.05, 4.69) is 5.32 Å². The van der Waals surface area contributed by atoms with Gasteiger partial charge in [0.25, 0.3) is 5.91 Å². The molecule has 6 nitrogen and oxygen atoms in total. The first-order chi connectivity index (χ1) is 15.1. The number of hydrogen-bond donors (Lipinski definition) is 1. The van der Waals surface area contributed by atoms with Crippen molar-refractivity contribution in [3.05, 3.63) is 90.0 Å². The second kappa shape index (κ2) is 9.17. The molecule has 0 unspecified atom stereocenters. The fourth-order valence-electron chi connectivity index (χ4n) is 3.13. The molecule has 4 rings (SSSR count). The second-order valence-electron chi connectivity index (χ2n) is 7.09. The van der Waals surface area contributed by atoms with Gasteiger partial charge in [-0.2, -0.15) is 0 Å². The monoisotopic (exact) mass is 414 g/mol. The maximum atomic E-state index is 12.3. The van der Waals surface area contributed by atoms with Crippen molar-refractivity contribution in [3.8, 4) is 11.5 Å². The summed E-state index contributed by atoms with van der Waals surface area (Å²) in [7, 11) is 1.70. The Morgan fingerprint density at radius 3 is 2.65 bits per heavy atom. The molecule has 31 heavy (non-hydrogen) atoms. The third kappa shape index (κ3) is 5.11. The third-order valence-electron chi connectivity index (χ3n) is 4.87. The second-order valence-corrected chi connectivity index (χ2v) is 7.09. The highest BCUT2D eigenvalue weighted by Gasteiger charge is 2.22. The van der Waals surface area contributed by atoms with E-state index < -0.39 is 0 Å². The smallest absolute Gasteiger partial charge is 0.264 e. The Bertz CT molecular complexity index is 1110. The van der Waals surface area contributed by atoms with E-state index in [0.29, 0.717) is 23.7 Å². The van der Waals surface area contributed by atoms with Gasteiger partial charge in [0, 0.05) is 24.9 Å². The maximum Gasteiger partial charge on any atom is 0.264 e. The van der Waals surface area contributed by atoms with Crippen LogP contribution in [-0.4, -0.2) is 25.5 Å². The van der Waals surface area contributed by atoms with Crippen LogP contribution in [0.25, 0.3) is 6.08 Å². The topological polar surface area (TPSA) is 67.9 Å². The molecule has 2 amide bonds. The highest BCUT2D eigenvalue weighted by atomic mass is 16.5. The van der Waals surface area contributed by atoms with E-state index in [1.54, 1.807) is 31.3 Å². The van der Waals surface area contributed by atoms with Gasteiger partial charge in [0.2, 0.25) is 5.91 Å². The SMILES string of the molecule is CN1C(=O)COc2cc(NC(=O)/C=C/c3ccc(OCc4ccccc4)cc3)ccc21. The molecule has 1 aliphatic rings. The molecule has 0 fully saturated rings. The number of carbonyl (C=O) groups excluding carboxylic acids is 2. The van der Waals surface area contributed by atoms with Crippen LogP contribution in [0.4, 0.5) is 11.4 Å². The lowest BCUT2D eigenvalue weighted by Gasteiger charge is -2.26. The summed E-state index contributed by atoms with van der Waals surface area (Å²) in [4.78, 5) is 25.5. The van der Waals surface area contributed by atoms with E-state index in [4.69, 9.17) is 9.47 Å². The third-order valence-corrected chi connectivity index (χ3v) is 4.87. The molecule has 0 aliphatic carbocycles. The molecular weight excluding hydrogens is 392 g/mol. The summed E-state index contributed by atoms with van der Waals surface area (Å²) in [5.74, 6) is 0.964. The summed E-state index contributed by atoms with van der Waals surface area (Å²) < 4.78 is 11.2. The number of anilines is 2. The van der Waals surface area contributed by atoms with Crippen LogP contribution in [0.2, 0.25) is 0 Å². The molecular formula is C25H22N2O4. The molecule has 0 spiro atoms. The molecule has 3 aromatic carbocycles. The molecule has 0 saturated carbocycles. The largest absolute Gasteiger partial charge is 0.489 e. The minimum absolute atomic E-state index is 0.00807. The molecule has 0 atom stereocenters. The average molecular weight is 414 g/mol. The van der Waals surface area contributed by atoms with Crippen molar-refractivity contribution in [2.45, 2.75) is 6.61 Å². The van der Waals surface area contributed by atoms with Gasteiger partial charge in [-0.3, -0.25) is 9.59 Å². The minimum Gasteiger partial charge on any atom is -0.489 e. The molecule has 0 saturated heterocycles. The number of nitrogens with zero attached hydrogens (tertiary/aromatic N) is 1. The summed E-state index contributed by atoms with van der Waals surface area (Å²) in [6.45, 7) is 0.499. The summed E-state index contributed by atoms with van der Waals surface area (Å²) in [6, 6.07) is 22.7. The van der Waals surface area contributed by atoms with Crippen LogP contribution in [0, 0.1) is 0 Å². The van der Waals surface area contributed by atoms with Crippen LogP contribution < -0.4 is 19.7 Å². The lowest BCUT2D eigenvalue weighted by Crippen LogP contribution is -2.35. The summed E-state index contributed by atoms with van der Waals surface area (Å²) >= 11 is 0. The summed E-state index contributed by atoms with van der Waals surface area (Å²) in [6.07, 6.45) is 3.20. The van der Waals surface area contributed by atoms with Gasteiger partial charge >= 0.3 is 0 Å². The lowest BCUT2D eigenvalue weighted by molar-refractivity contribution is -0.121. The molecule has 0 radical (unpaired) electrons. The first-order valence-electron chi connectivity index (χ1n) is 9.88. The highest BCUT2D eigenvalue weighted by Crippen LogP contribution is 2.33. The molecule has 1 aliphatic heterocycles. The number of likely N-dealkylation sites (N-methyl/N-ethyl adjacent to an activating group) is 1. The molecule has 6 heteroatoms. The number of nitrogens with one attached hydrogen (secondary N) is 1.